The van der Waals surface area contributed by atoms with Crippen LogP contribution >= 0.6 is 0 Å². The molecule has 9 heavy (non-hydrogen) atoms. The molecule has 2 rings (SSSR count). The van der Waals surface area contributed by atoms with Gasteiger partial charge in [-0.15, -0.1) is 0 Å². The summed E-state index contributed by atoms with van der Waals surface area (Å²) in [4.78, 5) is 4.13. The third kappa shape index (κ3) is 0.727. The normalized spacial score (nSPS) is 26.9. The van der Waals surface area contributed by atoms with Crippen LogP contribution in [0.1, 0.15) is 20.4 Å². The Morgan fingerprint density at radius 1 is 1.67 bits per heavy atom. The van der Waals surface area contributed by atoms with E-state index in [0.29, 0.717) is 12.5 Å². The number of aromatic nitrogens is 1. The molecule has 0 aromatic carbocycles. The van der Waals surface area contributed by atoms with Gasteiger partial charge in [-0.3, -0.25) is 4.98 Å². The first kappa shape index (κ1) is 3.35. The zero-order valence-electron chi connectivity index (χ0n) is 7.09. The molecule has 0 spiro atoms. The van der Waals surface area contributed by atoms with E-state index in [1.54, 1.807) is 12.3 Å². The van der Waals surface area contributed by atoms with Crippen molar-refractivity contribution in [1.82, 2.24) is 4.98 Å². The first-order valence-electron chi connectivity index (χ1n) is 4.20. The highest BCUT2D eigenvalue weighted by molar-refractivity contribution is 5.23. The van der Waals surface area contributed by atoms with Gasteiger partial charge >= 0.3 is 0 Å². The van der Waals surface area contributed by atoms with Crippen LogP contribution in [0.15, 0.2) is 18.3 Å². The van der Waals surface area contributed by atoms with E-state index in [1.807, 2.05) is 0 Å². The van der Waals surface area contributed by atoms with E-state index < -0.39 is 0 Å². The molecule has 1 nitrogen and oxygen atoms in total. The molecular formula is C8H9N. The molecule has 0 fully saturated rings. The summed E-state index contributed by atoms with van der Waals surface area (Å²) in [6.45, 7) is 0. The van der Waals surface area contributed by atoms with Gasteiger partial charge in [-0.05, 0) is 30.9 Å². The Balaban J connectivity index is 2.49. The fourth-order valence-electron chi connectivity index (χ4n) is 1.13. The summed E-state index contributed by atoms with van der Waals surface area (Å²) < 4.78 is 15.0. The minimum atomic E-state index is -0.0657. The van der Waals surface area contributed by atoms with Crippen molar-refractivity contribution in [3.8, 4) is 0 Å². The second kappa shape index (κ2) is 1.83. The Morgan fingerprint density at radius 2 is 2.67 bits per heavy atom. The van der Waals surface area contributed by atoms with Gasteiger partial charge in [-0.25, -0.2) is 0 Å². The van der Waals surface area contributed by atoms with Crippen molar-refractivity contribution in [2.45, 2.75) is 19.2 Å². The van der Waals surface area contributed by atoms with E-state index in [0.717, 1.165) is 17.7 Å². The van der Waals surface area contributed by atoms with Crippen molar-refractivity contribution in [3.05, 3.63) is 29.6 Å². The van der Waals surface area contributed by atoms with Crippen LogP contribution in [0.2, 0.25) is 0 Å². The minimum absolute atomic E-state index is 0.0657. The molecule has 0 saturated heterocycles. The summed E-state index contributed by atoms with van der Waals surface area (Å²) in [5.74, 6) is 0. The molecule has 0 aliphatic heterocycles. The second-order valence-electron chi connectivity index (χ2n) is 2.21. The first-order chi connectivity index (χ1) is 5.27. The van der Waals surface area contributed by atoms with E-state index in [1.165, 1.54) is 0 Å². The lowest BCUT2D eigenvalue weighted by Gasteiger charge is -1.92. The zero-order chi connectivity index (χ0) is 7.84. The van der Waals surface area contributed by atoms with Crippen LogP contribution in [0, 0.1) is 0 Å². The number of hydrogen-bond acceptors (Lipinski definition) is 1. The van der Waals surface area contributed by atoms with Crippen molar-refractivity contribution in [2.24, 2.45) is 0 Å². The lowest BCUT2D eigenvalue weighted by atomic mass is 10.2. The average Bonchev–Trinajstić information content (AvgIpc) is 2.31. The van der Waals surface area contributed by atoms with Gasteiger partial charge in [0.2, 0.25) is 0 Å². The molecule has 0 bridgehead atoms. The fourth-order valence-corrected chi connectivity index (χ4v) is 1.13. The molecule has 1 aromatic heterocycles. The highest BCUT2D eigenvalue weighted by atomic mass is 14.7. The number of hydrogen-bond donors (Lipinski definition) is 0. The molecular weight excluding hydrogens is 110 g/mol. The molecule has 1 aliphatic carbocycles. The summed E-state index contributed by atoms with van der Waals surface area (Å²) in [7, 11) is 0. The molecule has 46 valence electrons. The van der Waals surface area contributed by atoms with Gasteiger partial charge < -0.3 is 0 Å². The van der Waals surface area contributed by atoms with Crippen LogP contribution in [0.25, 0.3) is 0 Å². The zero-order valence-corrected chi connectivity index (χ0v) is 5.09. The quantitative estimate of drug-likeness (QED) is 0.507. The van der Waals surface area contributed by atoms with Crippen LogP contribution in [0.4, 0.5) is 0 Å². The molecule has 0 N–H and O–H groups in total. The van der Waals surface area contributed by atoms with Crippen molar-refractivity contribution >= 4 is 0 Å². The fraction of sp³-hybridized carbons (Fsp3) is 0.375. The lowest BCUT2D eigenvalue weighted by Crippen LogP contribution is -1.83. The van der Waals surface area contributed by atoms with Crippen molar-refractivity contribution in [3.63, 3.8) is 0 Å². The summed E-state index contributed by atoms with van der Waals surface area (Å²) in [5.41, 5.74) is 1.94. The van der Waals surface area contributed by atoms with E-state index >= 15 is 0 Å². The Labute approximate surface area is 57.5 Å². The standard InChI is InChI=1S/C8H9N/c1-3-7-4-2-6-9-8(7)5-1/h2,4,6H,1,3,5H2/i1D,4D. The molecule has 0 saturated carbocycles. The van der Waals surface area contributed by atoms with Crippen LogP contribution in [0.3, 0.4) is 0 Å². The highest BCUT2D eigenvalue weighted by Crippen LogP contribution is 2.17. The van der Waals surface area contributed by atoms with E-state index in [4.69, 9.17) is 2.74 Å². The molecule has 1 atom stereocenters. The third-order valence-electron chi connectivity index (χ3n) is 1.60. The molecule has 1 aromatic rings. The number of nitrogens with zero attached hydrogens (tertiary/aromatic N) is 1. The Bertz CT molecular complexity index is 285. The van der Waals surface area contributed by atoms with Gasteiger partial charge in [0.15, 0.2) is 0 Å². The minimum Gasteiger partial charge on any atom is -0.261 e. The van der Waals surface area contributed by atoms with Crippen molar-refractivity contribution in [2.75, 3.05) is 0 Å². The first-order valence-corrected chi connectivity index (χ1v) is 3.13. The van der Waals surface area contributed by atoms with E-state index in [9.17, 15) is 0 Å². The molecule has 1 heterocycles. The molecule has 1 aliphatic rings. The maximum Gasteiger partial charge on any atom is 0.0627 e. The monoisotopic (exact) mass is 121 g/mol. The lowest BCUT2D eigenvalue weighted by molar-refractivity contribution is 0.899. The van der Waals surface area contributed by atoms with Gasteiger partial charge in [-0.2, -0.15) is 0 Å². The topological polar surface area (TPSA) is 12.9 Å². The number of pyridine rings is 1. The Morgan fingerprint density at radius 3 is 3.56 bits per heavy atom. The van der Waals surface area contributed by atoms with Crippen LogP contribution in [0.5, 0.6) is 0 Å². The van der Waals surface area contributed by atoms with E-state index in [2.05, 4.69) is 4.98 Å². The smallest absolute Gasteiger partial charge is 0.0627 e. The van der Waals surface area contributed by atoms with Gasteiger partial charge in [0.05, 0.1) is 1.37 Å². The molecule has 1 heteroatoms. The molecule has 0 amide bonds. The van der Waals surface area contributed by atoms with E-state index in [-0.39, 0.29) is 6.40 Å². The summed E-state index contributed by atoms with van der Waals surface area (Å²) >= 11 is 0. The van der Waals surface area contributed by atoms with Crippen molar-refractivity contribution in [1.29, 1.82) is 0 Å². The average molecular weight is 121 g/mol. The predicted molar refractivity (Wildman–Crippen MR) is 36.3 cm³/mol. The summed E-state index contributed by atoms with van der Waals surface area (Å²) in [6, 6.07) is 2.24. The number of rotatable bonds is 0. The largest absolute Gasteiger partial charge is 0.261 e. The van der Waals surface area contributed by atoms with Crippen LogP contribution in [-0.2, 0) is 12.8 Å². The highest BCUT2D eigenvalue weighted by Gasteiger charge is 2.08. The maximum atomic E-state index is 7.52. The second-order valence-corrected chi connectivity index (χ2v) is 2.21. The molecule has 1 unspecified atom stereocenters. The number of aryl methyl sites for hydroxylation is 1. The van der Waals surface area contributed by atoms with Gasteiger partial charge in [-0.1, -0.05) is 6.04 Å². The molecule has 0 radical (unpaired) electrons. The van der Waals surface area contributed by atoms with Gasteiger partial charge in [0.25, 0.3) is 0 Å². The Kier molecular flexibility index (Phi) is 0.682. The van der Waals surface area contributed by atoms with Gasteiger partial charge in [0, 0.05) is 13.3 Å². The summed E-state index contributed by atoms with van der Waals surface area (Å²) in [5, 5.41) is 0. The summed E-state index contributed by atoms with van der Waals surface area (Å²) in [6.07, 6.45) is 3.02. The maximum absolute atomic E-state index is 7.52. The van der Waals surface area contributed by atoms with Crippen molar-refractivity contribution < 1.29 is 2.74 Å². The Hall–Kier alpha value is -0.850. The number of fused-ring (bicyclic) bond motifs is 1. The van der Waals surface area contributed by atoms with Crippen LogP contribution < -0.4 is 0 Å². The van der Waals surface area contributed by atoms with Crippen LogP contribution in [-0.4, -0.2) is 4.98 Å². The SMILES string of the molecule is [2H]c1ccnc2c1CC([2H])C2. The third-order valence-corrected chi connectivity index (χ3v) is 1.60. The van der Waals surface area contributed by atoms with Gasteiger partial charge in [0.1, 0.15) is 0 Å². The predicted octanol–water partition coefficient (Wildman–Crippen LogP) is 1.57.